The summed E-state index contributed by atoms with van der Waals surface area (Å²) in [5.74, 6) is 0.360. The van der Waals surface area contributed by atoms with Crippen molar-refractivity contribution < 1.29 is 22.6 Å². The van der Waals surface area contributed by atoms with Crippen LogP contribution in [0.25, 0.3) is 0 Å². The lowest BCUT2D eigenvalue weighted by Gasteiger charge is -2.16. The van der Waals surface area contributed by atoms with Crippen molar-refractivity contribution in [2.45, 2.75) is 12.2 Å². The molecule has 0 spiro atoms. The molecular weight excluding hydrogens is 306 g/mol. The van der Waals surface area contributed by atoms with Crippen LogP contribution in [0.3, 0.4) is 0 Å². The number of nitrogens with two attached hydrogens (primary N) is 1. The van der Waals surface area contributed by atoms with Crippen LogP contribution in [0, 0.1) is 0 Å². The van der Waals surface area contributed by atoms with Gasteiger partial charge in [0.2, 0.25) is 0 Å². The highest BCUT2D eigenvalue weighted by atomic mass is 35.5. The molecule has 1 aromatic carbocycles. The zero-order valence-corrected chi connectivity index (χ0v) is 11.4. The average molecular weight is 318 g/mol. The normalized spacial score (nSPS) is 13.4. The number of benzene rings is 1. The van der Waals surface area contributed by atoms with E-state index >= 15 is 0 Å². The fourth-order valence-corrected chi connectivity index (χ4v) is 1.92. The van der Waals surface area contributed by atoms with Crippen LogP contribution < -0.4 is 10.5 Å². The van der Waals surface area contributed by atoms with E-state index in [1.807, 2.05) is 0 Å². The van der Waals surface area contributed by atoms with Crippen LogP contribution in [-0.2, 0) is 4.74 Å². The third kappa shape index (κ3) is 5.06. The quantitative estimate of drug-likeness (QED) is 0.902. The molecule has 19 heavy (non-hydrogen) atoms. The first-order valence-electron chi connectivity index (χ1n) is 5.17. The lowest BCUT2D eigenvalue weighted by Crippen LogP contribution is -2.23. The zero-order chi connectivity index (χ0) is 14.6. The van der Waals surface area contributed by atoms with Crippen molar-refractivity contribution in [3.8, 4) is 5.75 Å². The van der Waals surface area contributed by atoms with Crippen LogP contribution in [0.2, 0.25) is 10.0 Å². The Morgan fingerprint density at radius 1 is 1.26 bits per heavy atom. The van der Waals surface area contributed by atoms with Gasteiger partial charge in [-0.3, -0.25) is 0 Å². The van der Waals surface area contributed by atoms with Gasteiger partial charge in [-0.1, -0.05) is 23.2 Å². The first-order chi connectivity index (χ1) is 8.74. The van der Waals surface area contributed by atoms with Crippen LogP contribution in [0.5, 0.6) is 5.75 Å². The second kappa shape index (κ2) is 6.65. The molecule has 0 saturated heterocycles. The molecule has 0 aromatic heterocycles. The minimum absolute atomic E-state index is 0.254. The lowest BCUT2D eigenvalue weighted by molar-refractivity contribution is -0.174. The monoisotopic (exact) mass is 317 g/mol. The summed E-state index contributed by atoms with van der Waals surface area (Å²) in [5, 5.41) is 0.525. The highest BCUT2D eigenvalue weighted by Crippen LogP contribution is 2.33. The Hall–Kier alpha value is -0.690. The average Bonchev–Trinajstić information content (AvgIpc) is 2.29. The predicted octanol–water partition coefficient (Wildman–Crippen LogP) is 3.58. The van der Waals surface area contributed by atoms with Gasteiger partial charge in [-0.05, 0) is 11.6 Å². The summed E-state index contributed by atoms with van der Waals surface area (Å²) >= 11 is 11.8. The molecule has 0 saturated carbocycles. The summed E-state index contributed by atoms with van der Waals surface area (Å²) in [6.07, 6.45) is -4.39. The minimum Gasteiger partial charge on any atom is -0.495 e. The largest absolute Gasteiger partial charge is 0.495 e. The maximum Gasteiger partial charge on any atom is 0.411 e. The standard InChI is InChI=1S/C11H12Cl2F3NO2/c1-18-10-3-7(12)6(2-8(10)13)9(17)4-19-5-11(14,15)16/h2-3,9H,4-5,17H2,1H3. The molecule has 0 aliphatic rings. The van der Waals surface area contributed by atoms with Gasteiger partial charge < -0.3 is 15.2 Å². The number of methoxy groups -OCH3 is 1. The summed E-state index contributed by atoms with van der Waals surface area (Å²) in [5.41, 5.74) is 6.11. The van der Waals surface area contributed by atoms with Gasteiger partial charge in [0, 0.05) is 11.1 Å². The van der Waals surface area contributed by atoms with Crippen molar-refractivity contribution in [2.24, 2.45) is 5.73 Å². The first-order valence-corrected chi connectivity index (χ1v) is 5.93. The molecule has 0 heterocycles. The molecule has 0 radical (unpaired) electrons. The molecule has 0 aliphatic heterocycles. The van der Waals surface area contributed by atoms with Crippen molar-refractivity contribution in [2.75, 3.05) is 20.3 Å². The number of halogens is 5. The fourth-order valence-electron chi connectivity index (χ4n) is 1.38. The Morgan fingerprint density at radius 2 is 1.89 bits per heavy atom. The van der Waals surface area contributed by atoms with Crippen LogP contribution in [0.15, 0.2) is 12.1 Å². The maximum absolute atomic E-state index is 11.9. The smallest absolute Gasteiger partial charge is 0.411 e. The van der Waals surface area contributed by atoms with Crippen molar-refractivity contribution in [1.82, 2.24) is 0 Å². The Bertz CT molecular complexity index is 441. The van der Waals surface area contributed by atoms with Crippen molar-refractivity contribution in [3.05, 3.63) is 27.7 Å². The molecule has 2 N–H and O–H groups in total. The van der Waals surface area contributed by atoms with E-state index in [2.05, 4.69) is 4.74 Å². The van der Waals surface area contributed by atoms with E-state index < -0.39 is 18.8 Å². The van der Waals surface area contributed by atoms with E-state index in [-0.39, 0.29) is 16.7 Å². The highest BCUT2D eigenvalue weighted by Gasteiger charge is 2.28. The van der Waals surface area contributed by atoms with Gasteiger partial charge >= 0.3 is 6.18 Å². The summed E-state index contributed by atoms with van der Waals surface area (Å²) in [4.78, 5) is 0. The molecular formula is C11H12Cl2F3NO2. The predicted molar refractivity (Wildman–Crippen MR) is 66.8 cm³/mol. The molecule has 1 aromatic rings. The fraction of sp³-hybridized carbons (Fsp3) is 0.455. The number of hydrogen-bond acceptors (Lipinski definition) is 3. The number of rotatable bonds is 5. The van der Waals surface area contributed by atoms with E-state index in [9.17, 15) is 13.2 Å². The Balaban J connectivity index is 2.72. The lowest BCUT2D eigenvalue weighted by atomic mass is 10.1. The third-order valence-electron chi connectivity index (χ3n) is 2.23. The third-order valence-corrected chi connectivity index (χ3v) is 2.86. The van der Waals surface area contributed by atoms with E-state index in [1.165, 1.54) is 19.2 Å². The van der Waals surface area contributed by atoms with Crippen molar-refractivity contribution in [3.63, 3.8) is 0 Å². The molecule has 0 bridgehead atoms. The Labute approximate surface area is 118 Å². The summed E-state index contributed by atoms with van der Waals surface area (Å²) < 4.78 is 45.2. The molecule has 0 aliphatic carbocycles. The van der Waals surface area contributed by atoms with Gasteiger partial charge in [-0.2, -0.15) is 13.2 Å². The van der Waals surface area contributed by atoms with Gasteiger partial charge in [0.15, 0.2) is 0 Å². The van der Waals surface area contributed by atoms with Gasteiger partial charge in [0.05, 0.1) is 24.8 Å². The Morgan fingerprint density at radius 3 is 2.42 bits per heavy atom. The zero-order valence-electron chi connectivity index (χ0n) is 9.93. The molecule has 1 atom stereocenters. The van der Waals surface area contributed by atoms with E-state index in [0.29, 0.717) is 11.3 Å². The number of hydrogen-bond donors (Lipinski definition) is 1. The topological polar surface area (TPSA) is 44.5 Å². The van der Waals surface area contributed by atoms with Gasteiger partial charge in [-0.15, -0.1) is 0 Å². The second-order valence-corrected chi connectivity index (χ2v) is 4.56. The van der Waals surface area contributed by atoms with E-state index in [4.69, 9.17) is 33.7 Å². The maximum atomic E-state index is 11.9. The molecule has 3 nitrogen and oxygen atoms in total. The van der Waals surface area contributed by atoms with Crippen LogP contribution >= 0.6 is 23.2 Å². The van der Waals surface area contributed by atoms with Gasteiger partial charge in [-0.25, -0.2) is 0 Å². The molecule has 8 heteroatoms. The molecule has 0 amide bonds. The number of ether oxygens (including phenoxy) is 2. The minimum atomic E-state index is -4.39. The molecule has 1 unspecified atom stereocenters. The summed E-state index contributed by atoms with van der Waals surface area (Å²) in [7, 11) is 1.42. The van der Waals surface area contributed by atoms with Crippen molar-refractivity contribution in [1.29, 1.82) is 0 Å². The van der Waals surface area contributed by atoms with Crippen LogP contribution in [-0.4, -0.2) is 26.5 Å². The van der Waals surface area contributed by atoms with Gasteiger partial charge in [0.25, 0.3) is 0 Å². The van der Waals surface area contributed by atoms with Gasteiger partial charge in [0.1, 0.15) is 12.4 Å². The summed E-state index contributed by atoms with van der Waals surface area (Å²) in [6, 6.07) is 2.09. The molecule has 1 rings (SSSR count). The van der Waals surface area contributed by atoms with E-state index in [0.717, 1.165) is 0 Å². The number of alkyl halides is 3. The van der Waals surface area contributed by atoms with Crippen LogP contribution in [0.1, 0.15) is 11.6 Å². The first kappa shape index (κ1) is 16.4. The second-order valence-electron chi connectivity index (χ2n) is 3.75. The van der Waals surface area contributed by atoms with Crippen LogP contribution in [0.4, 0.5) is 13.2 Å². The summed E-state index contributed by atoms with van der Waals surface area (Å²) in [6.45, 7) is -1.68. The Kier molecular flexibility index (Phi) is 5.73. The SMILES string of the molecule is COc1cc(Cl)c(C(N)COCC(F)(F)F)cc1Cl. The molecule has 0 fully saturated rings. The molecule has 108 valence electrons. The van der Waals surface area contributed by atoms with Crippen molar-refractivity contribution >= 4 is 23.2 Å². The van der Waals surface area contributed by atoms with E-state index in [1.54, 1.807) is 0 Å². The highest BCUT2D eigenvalue weighted by molar-refractivity contribution is 6.34.